The Morgan fingerprint density at radius 3 is 2.45 bits per heavy atom. The molecule has 1 spiro atoms. The van der Waals surface area contributed by atoms with Crippen molar-refractivity contribution in [3.8, 4) is 5.75 Å². The minimum Gasteiger partial charge on any atom is -0.492 e. The van der Waals surface area contributed by atoms with Crippen molar-refractivity contribution in [3.05, 3.63) is 29.1 Å². The van der Waals surface area contributed by atoms with Crippen molar-refractivity contribution in [1.29, 1.82) is 0 Å². The summed E-state index contributed by atoms with van der Waals surface area (Å²) in [6, 6.07) is 3.04. The van der Waals surface area contributed by atoms with Gasteiger partial charge in [0.1, 0.15) is 23.8 Å². The molecule has 2 saturated heterocycles. The van der Waals surface area contributed by atoms with Crippen molar-refractivity contribution < 1.29 is 18.7 Å². The van der Waals surface area contributed by atoms with Crippen molar-refractivity contribution in [2.24, 2.45) is 0 Å². The van der Waals surface area contributed by atoms with Gasteiger partial charge in [-0.25, -0.2) is 9.18 Å². The fraction of sp³-hybridized carbons (Fsp3) is 0.632. The summed E-state index contributed by atoms with van der Waals surface area (Å²) in [5.74, 6) is -0.437. The first-order chi connectivity index (χ1) is 12.6. The summed E-state index contributed by atoms with van der Waals surface area (Å²) in [7, 11) is 2.12. The molecule has 0 radical (unpaired) electrons. The van der Waals surface area contributed by atoms with Crippen LogP contribution < -0.4 is 10.1 Å². The van der Waals surface area contributed by atoms with E-state index in [4.69, 9.17) is 9.47 Å². The number of piperidine rings is 1. The van der Waals surface area contributed by atoms with E-state index in [1.54, 1.807) is 6.07 Å². The Hall–Kier alpha value is -0.830. The highest BCUT2D eigenvalue weighted by atomic mass is 35.5. The quantitative estimate of drug-likeness (QED) is 0.680. The second-order valence-corrected chi connectivity index (χ2v) is 7.45. The summed E-state index contributed by atoms with van der Waals surface area (Å²) in [6.45, 7) is 6.85. The molecule has 1 N–H and O–H groups in total. The molecule has 10 heteroatoms. The molecular weight excluding hydrogens is 444 g/mol. The van der Waals surface area contributed by atoms with Crippen LogP contribution in [0.3, 0.4) is 0 Å². The number of hydrogen-bond acceptors (Lipinski definition) is 6. The van der Waals surface area contributed by atoms with Gasteiger partial charge in [0, 0.05) is 57.2 Å². The number of fused-ring (bicyclic) bond motifs is 2. The summed E-state index contributed by atoms with van der Waals surface area (Å²) >= 11 is 0. The average Bonchev–Trinajstić information content (AvgIpc) is 2.89. The van der Waals surface area contributed by atoms with Gasteiger partial charge in [-0.15, -0.1) is 37.2 Å². The Morgan fingerprint density at radius 2 is 1.79 bits per heavy atom. The number of nitrogens with one attached hydrogen (secondary N) is 1. The van der Waals surface area contributed by atoms with E-state index < -0.39 is 17.4 Å². The van der Waals surface area contributed by atoms with Gasteiger partial charge in [-0.05, 0) is 26.2 Å². The smallest absolute Gasteiger partial charge is 0.339 e. The van der Waals surface area contributed by atoms with E-state index >= 15 is 0 Å². The number of likely N-dealkylation sites (N-methyl/N-ethyl adjacent to an activating group) is 1. The molecular formula is C19H29Cl3FN3O3. The molecule has 0 atom stereocenters. The number of halogens is 4. The summed E-state index contributed by atoms with van der Waals surface area (Å²) < 4.78 is 26.2. The number of hydrogen-bond donors (Lipinski definition) is 1. The van der Waals surface area contributed by atoms with Crippen LogP contribution >= 0.6 is 37.2 Å². The highest BCUT2D eigenvalue weighted by molar-refractivity contribution is 5.95. The van der Waals surface area contributed by atoms with Gasteiger partial charge in [0.05, 0.1) is 5.56 Å². The van der Waals surface area contributed by atoms with E-state index in [-0.39, 0.29) is 37.2 Å². The number of carbonyl (C=O) groups excluding carboxylic acids is 1. The van der Waals surface area contributed by atoms with E-state index in [0.29, 0.717) is 36.3 Å². The predicted octanol–water partition coefficient (Wildman–Crippen LogP) is 2.47. The molecule has 0 aliphatic carbocycles. The van der Waals surface area contributed by atoms with E-state index in [1.165, 1.54) is 6.07 Å². The van der Waals surface area contributed by atoms with Crippen LogP contribution in [0.5, 0.6) is 5.75 Å². The zero-order valence-corrected chi connectivity index (χ0v) is 18.9. The Balaban J connectivity index is 0.00000140. The maximum absolute atomic E-state index is 14.8. The third kappa shape index (κ3) is 5.46. The van der Waals surface area contributed by atoms with Crippen LogP contribution in [-0.2, 0) is 10.3 Å². The van der Waals surface area contributed by atoms with Crippen LogP contribution in [0.25, 0.3) is 0 Å². The molecule has 0 unspecified atom stereocenters. The van der Waals surface area contributed by atoms with Crippen LogP contribution in [-0.4, -0.2) is 75.2 Å². The lowest BCUT2D eigenvalue weighted by atomic mass is 9.84. The van der Waals surface area contributed by atoms with E-state index in [1.807, 2.05) is 0 Å². The molecule has 1 aromatic rings. The molecule has 166 valence electrons. The molecule has 3 aliphatic heterocycles. The second-order valence-electron chi connectivity index (χ2n) is 7.45. The molecule has 3 heterocycles. The van der Waals surface area contributed by atoms with E-state index in [2.05, 4.69) is 22.2 Å². The topological polar surface area (TPSA) is 54.0 Å². The maximum atomic E-state index is 14.8. The fourth-order valence-electron chi connectivity index (χ4n) is 4.12. The van der Waals surface area contributed by atoms with Crippen LogP contribution in [0, 0.1) is 5.82 Å². The molecule has 29 heavy (non-hydrogen) atoms. The summed E-state index contributed by atoms with van der Waals surface area (Å²) in [5.41, 5.74) is -0.0722. The first kappa shape index (κ1) is 26.2. The highest BCUT2D eigenvalue weighted by Crippen LogP contribution is 2.45. The van der Waals surface area contributed by atoms with Crippen LogP contribution in [0.1, 0.15) is 28.8 Å². The van der Waals surface area contributed by atoms with E-state index in [0.717, 1.165) is 45.8 Å². The lowest BCUT2D eigenvalue weighted by Gasteiger charge is -2.33. The first-order valence-corrected chi connectivity index (χ1v) is 9.39. The second kappa shape index (κ2) is 11.0. The van der Waals surface area contributed by atoms with Crippen molar-refractivity contribution in [1.82, 2.24) is 15.1 Å². The number of nitrogens with zero attached hydrogens (tertiary/aromatic N) is 2. The normalized spacial score (nSPS) is 20.7. The zero-order valence-electron chi connectivity index (χ0n) is 16.4. The summed E-state index contributed by atoms with van der Waals surface area (Å²) in [4.78, 5) is 17.0. The summed E-state index contributed by atoms with van der Waals surface area (Å²) in [5, 5.41) is 3.23. The number of piperazine rings is 1. The molecule has 2 fully saturated rings. The lowest BCUT2D eigenvalue weighted by Crippen LogP contribution is -2.45. The van der Waals surface area contributed by atoms with Crippen LogP contribution in [0.2, 0.25) is 0 Å². The van der Waals surface area contributed by atoms with Gasteiger partial charge in [0.25, 0.3) is 0 Å². The number of ether oxygens (including phenoxy) is 2. The third-order valence-corrected chi connectivity index (χ3v) is 5.71. The molecule has 0 bridgehead atoms. The number of esters is 1. The largest absolute Gasteiger partial charge is 0.492 e. The predicted molar refractivity (Wildman–Crippen MR) is 117 cm³/mol. The molecule has 0 aromatic heterocycles. The Kier molecular flexibility index (Phi) is 9.92. The molecule has 1 aromatic carbocycles. The van der Waals surface area contributed by atoms with Gasteiger partial charge in [-0.1, -0.05) is 0 Å². The highest BCUT2D eigenvalue weighted by Gasteiger charge is 2.48. The van der Waals surface area contributed by atoms with Crippen molar-refractivity contribution >= 4 is 43.2 Å². The maximum Gasteiger partial charge on any atom is 0.339 e. The molecule has 0 amide bonds. The molecule has 4 rings (SSSR count). The van der Waals surface area contributed by atoms with E-state index in [9.17, 15) is 9.18 Å². The van der Waals surface area contributed by atoms with Crippen LogP contribution in [0.4, 0.5) is 4.39 Å². The minimum absolute atomic E-state index is 0. The zero-order chi connectivity index (χ0) is 18.1. The van der Waals surface area contributed by atoms with Gasteiger partial charge in [-0.2, -0.15) is 0 Å². The minimum atomic E-state index is -0.805. The Bertz CT molecular complexity index is 697. The third-order valence-electron chi connectivity index (χ3n) is 5.71. The number of carbonyl (C=O) groups is 1. The Morgan fingerprint density at radius 1 is 1.14 bits per heavy atom. The SMILES string of the molecule is CN1CCN(CCOc2cc(F)c3c(c2)C(=O)OC32CCNCC2)CC1.Cl.Cl.Cl. The monoisotopic (exact) mass is 471 g/mol. The number of benzene rings is 1. The summed E-state index contributed by atoms with van der Waals surface area (Å²) in [6.07, 6.45) is 1.21. The van der Waals surface area contributed by atoms with Crippen molar-refractivity contribution in [2.75, 3.05) is 59.5 Å². The lowest BCUT2D eigenvalue weighted by molar-refractivity contribution is -0.0255. The van der Waals surface area contributed by atoms with Crippen molar-refractivity contribution in [2.45, 2.75) is 18.4 Å². The average molecular weight is 473 g/mol. The van der Waals surface area contributed by atoms with Gasteiger partial charge in [0.2, 0.25) is 0 Å². The van der Waals surface area contributed by atoms with Gasteiger partial charge in [0.15, 0.2) is 0 Å². The Labute approximate surface area is 189 Å². The van der Waals surface area contributed by atoms with Crippen LogP contribution in [0.15, 0.2) is 12.1 Å². The number of rotatable bonds is 4. The van der Waals surface area contributed by atoms with Gasteiger partial charge in [-0.3, -0.25) is 4.90 Å². The molecule has 0 saturated carbocycles. The van der Waals surface area contributed by atoms with Gasteiger partial charge < -0.3 is 19.7 Å². The van der Waals surface area contributed by atoms with Gasteiger partial charge >= 0.3 is 5.97 Å². The fourth-order valence-corrected chi connectivity index (χ4v) is 4.12. The molecule has 3 aliphatic rings. The molecule has 6 nitrogen and oxygen atoms in total. The van der Waals surface area contributed by atoms with Crippen molar-refractivity contribution in [3.63, 3.8) is 0 Å². The first-order valence-electron chi connectivity index (χ1n) is 9.39. The standard InChI is InChI=1S/C19H26FN3O3.3ClH/c1-22-6-8-23(9-7-22)10-11-25-14-12-15-17(16(20)13-14)19(26-18(15)24)2-4-21-5-3-19;;;/h12-13,21H,2-11H2,1H3;3*1H.